The number of ether oxygens (including phenoxy) is 1. The fourth-order valence-electron chi connectivity index (χ4n) is 4.44. The van der Waals surface area contributed by atoms with E-state index >= 15 is 0 Å². The monoisotopic (exact) mass is 463 g/mol. The van der Waals surface area contributed by atoms with Crippen LogP contribution < -0.4 is 10.5 Å². The summed E-state index contributed by atoms with van der Waals surface area (Å²) in [6.07, 6.45) is -1.02. The zero-order chi connectivity index (χ0) is 23.5. The van der Waals surface area contributed by atoms with Gasteiger partial charge in [0.15, 0.2) is 5.52 Å². The van der Waals surface area contributed by atoms with E-state index in [1.165, 1.54) is 4.57 Å². The topological polar surface area (TPSA) is 91.0 Å². The van der Waals surface area contributed by atoms with E-state index in [9.17, 15) is 18.0 Å². The number of hydrogen-bond donors (Lipinski definition) is 0. The molecule has 1 saturated carbocycles. The number of nitrogens with zero attached hydrogens (tertiary/aromatic N) is 7. The van der Waals surface area contributed by atoms with E-state index in [2.05, 4.69) is 20.1 Å². The first kappa shape index (κ1) is 21.8. The van der Waals surface area contributed by atoms with Gasteiger partial charge in [0.25, 0.3) is 5.56 Å². The Morgan fingerprint density at radius 1 is 1.12 bits per heavy atom. The highest BCUT2D eigenvalue weighted by Gasteiger charge is 2.49. The predicted octanol–water partition coefficient (Wildman–Crippen LogP) is 2.40. The van der Waals surface area contributed by atoms with Crippen molar-refractivity contribution >= 4 is 17.0 Å². The fraction of sp³-hybridized carbons (Fsp3) is 0.571. The molecule has 0 bridgehead atoms. The van der Waals surface area contributed by atoms with E-state index in [-0.39, 0.29) is 30.0 Å². The normalized spacial score (nSPS) is 23.7. The van der Waals surface area contributed by atoms with Gasteiger partial charge in [-0.05, 0) is 19.8 Å². The molecular weight excluding hydrogens is 439 g/mol. The van der Waals surface area contributed by atoms with Gasteiger partial charge < -0.3 is 9.64 Å². The minimum atomic E-state index is -4.23. The molecule has 0 radical (unpaired) electrons. The fourth-order valence-corrected chi connectivity index (χ4v) is 4.44. The van der Waals surface area contributed by atoms with Crippen molar-refractivity contribution in [2.75, 3.05) is 24.6 Å². The molecule has 0 N–H and O–H groups in total. The molecule has 3 aromatic rings. The van der Waals surface area contributed by atoms with Crippen molar-refractivity contribution in [1.82, 2.24) is 29.3 Å². The second kappa shape index (κ2) is 7.79. The van der Waals surface area contributed by atoms with Gasteiger partial charge in [-0.2, -0.15) is 18.3 Å². The van der Waals surface area contributed by atoms with Gasteiger partial charge in [0.2, 0.25) is 5.95 Å². The van der Waals surface area contributed by atoms with Crippen molar-refractivity contribution in [2.24, 2.45) is 20.0 Å². The predicted molar refractivity (Wildman–Crippen MR) is 113 cm³/mol. The van der Waals surface area contributed by atoms with Crippen LogP contribution in [-0.4, -0.2) is 55.2 Å². The Morgan fingerprint density at radius 3 is 2.55 bits per heavy atom. The Kier molecular flexibility index (Phi) is 5.15. The minimum absolute atomic E-state index is 0.0631. The summed E-state index contributed by atoms with van der Waals surface area (Å²) in [6, 6.07) is 0. The molecule has 2 aliphatic rings. The first-order valence-corrected chi connectivity index (χ1v) is 10.8. The second-order valence-corrected chi connectivity index (χ2v) is 8.79. The highest BCUT2D eigenvalue weighted by Crippen LogP contribution is 2.50. The molecule has 33 heavy (non-hydrogen) atoms. The van der Waals surface area contributed by atoms with Crippen molar-refractivity contribution in [3.05, 3.63) is 39.8 Å². The average Bonchev–Trinajstić information content (AvgIpc) is 3.17. The quantitative estimate of drug-likeness (QED) is 0.589. The SMILES string of the molecule is Cc1nc2c(C3CC(C(F)(F)F)C3)nc(N3CCO[C@@H](c4cnn(C)c4)C3)nc2c(=O)n1C. The first-order chi connectivity index (χ1) is 15.6. The third-order valence-electron chi connectivity index (χ3n) is 6.60. The van der Waals surface area contributed by atoms with E-state index in [0.717, 1.165) is 5.56 Å². The molecule has 0 spiro atoms. The highest BCUT2D eigenvalue weighted by atomic mass is 19.4. The van der Waals surface area contributed by atoms with E-state index < -0.39 is 18.0 Å². The summed E-state index contributed by atoms with van der Waals surface area (Å²) in [5, 5.41) is 4.19. The van der Waals surface area contributed by atoms with E-state index in [0.29, 0.717) is 42.7 Å². The van der Waals surface area contributed by atoms with Crippen molar-refractivity contribution < 1.29 is 17.9 Å². The van der Waals surface area contributed by atoms with Gasteiger partial charge in [-0.25, -0.2) is 15.0 Å². The van der Waals surface area contributed by atoms with Gasteiger partial charge in [-0.15, -0.1) is 0 Å². The Hall–Kier alpha value is -3.02. The molecule has 0 unspecified atom stereocenters. The summed E-state index contributed by atoms with van der Waals surface area (Å²) < 4.78 is 48.4. The van der Waals surface area contributed by atoms with Gasteiger partial charge >= 0.3 is 6.18 Å². The van der Waals surface area contributed by atoms with Crippen molar-refractivity contribution in [3.63, 3.8) is 0 Å². The molecule has 176 valence electrons. The lowest BCUT2D eigenvalue weighted by molar-refractivity contribution is -0.197. The molecule has 12 heteroatoms. The number of hydrogen-bond acceptors (Lipinski definition) is 7. The van der Waals surface area contributed by atoms with E-state index in [4.69, 9.17) is 4.74 Å². The molecule has 1 aliphatic heterocycles. The van der Waals surface area contributed by atoms with Gasteiger partial charge in [0.1, 0.15) is 17.4 Å². The molecule has 4 heterocycles. The third kappa shape index (κ3) is 3.85. The van der Waals surface area contributed by atoms with Crippen molar-refractivity contribution in [3.8, 4) is 0 Å². The van der Waals surface area contributed by atoms with Crippen LogP contribution in [0.5, 0.6) is 0 Å². The lowest BCUT2D eigenvalue weighted by Gasteiger charge is -2.37. The number of fused-ring (bicyclic) bond motifs is 1. The molecular formula is C21H24F3N7O2. The number of rotatable bonds is 3. The number of morpholine rings is 1. The number of aromatic nitrogens is 6. The van der Waals surface area contributed by atoms with Gasteiger partial charge in [-0.3, -0.25) is 14.0 Å². The minimum Gasteiger partial charge on any atom is -0.370 e. The summed E-state index contributed by atoms with van der Waals surface area (Å²) in [5.41, 5.74) is 1.40. The van der Waals surface area contributed by atoms with Crippen LogP contribution in [0.3, 0.4) is 0 Å². The molecule has 0 aromatic carbocycles. The summed E-state index contributed by atoms with van der Waals surface area (Å²) >= 11 is 0. The van der Waals surface area contributed by atoms with Gasteiger partial charge in [0, 0.05) is 38.3 Å². The first-order valence-electron chi connectivity index (χ1n) is 10.8. The van der Waals surface area contributed by atoms with Gasteiger partial charge in [0.05, 0.1) is 31.0 Å². The summed E-state index contributed by atoms with van der Waals surface area (Å²) in [6.45, 7) is 3.03. The molecule has 1 atom stereocenters. The van der Waals surface area contributed by atoms with Crippen LogP contribution in [0.2, 0.25) is 0 Å². The summed E-state index contributed by atoms with van der Waals surface area (Å²) in [5.74, 6) is -1.01. The molecule has 2 fully saturated rings. The number of halogens is 3. The standard InChI is InChI=1S/C21H24F3N7O2/c1-11-26-17-16(12-6-14(7-12)21(22,23)24)27-20(28-18(17)19(32)30(11)3)31-4-5-33-15(10-31)13-8-25-29(2)9-13/h8-9,12,14-15H,4-7,10H2,1-3H3/t12?,14?,15-/m1/s1. The zero-order valence-electron chi connectivity index (χ0n) is 18.5. The van der Waals surface area contributed by atoms with Crippen LogP contribution >= 0.6 is 0 Å². The molecule has 9 nitrogen and oxygen atoms in total. The van der Waals surface area contributed by atoms with Crippen LogP contribution in [-0.2, 0) is 18.8 Å². The number of anilines is 1. The highest BCUT2D eigenvalue weighted by molar-refractivity contribution is 5.78. The maximum atomic E-state index is 13.1. The van der Waals surface area contributed by atoms with Crippen LogP contribution in [0.15, 0.2) is 17.2 Å². The van der Waals surface area contributed by atoms with E-state index in [1.807, 2.05) is 18.1 Å². The Balaban J connectivity index is 1.55. The molecule has 3 aromatic heterocycles. The van der Waals surface area contributed by atoms with Crippen molar-refractivity contribution in [2.45, 2.75) is 38.0 Å². The second-order valence-electron chi connectivity index (χ2n) is 8.79. The lowest BCUT2D eigenvalue weighted by atomic mass is 9.72. The van der Waals surface area contributed by atoms with E-state index in [1.54, 1.807) is 24.9 Å². The number of aryl methyl sites for hydroxylation is 2. The Morgan fingerprint density at radius 2 is 1.88 bits per heavy atom. The van der Waals surface area contributed by atoms with Crippen molar-refractivity contribution in [1.29, 1.82) is 0 Å². The van der Waals surface area contributed by atoms with Crippen LogP contribution in [0, 0.1) is 12.8 Å². The van der Waals surface area contributed by atoms with Crippen LogP contribution in [0.25, 0.3) is 11.0 Å². The Labute approximate surface area is 187 Å². The summed E-state index contributed by atoms with van der Waals surface area (Å²) in [7, 11) is 3.42. The smallest absolute Gasteiger partial charge is 0.370 e. The largest absolute Gasteiger partial charge is 0.391 e. The molecule has 0 amide bonds. The maximum absolute atomic E-state index is 13.1. The zero-order valence-corrected chi connectivity index (χ0v) is 18.5. The van der Waals surface area contributed by atoms with Crippen LogP contribution in [0.1, 0.15) is 41.9 Å². The maximum Gasteiger partial charge on any atom is 0.391 e. The summed E-state index contributed by atoms with van der Waals surface area (Å²) in [4.78, 5) is 28.6. The third-order valence-corrected chi connectivity index (χ3v) is 6.60. The van der Waals surface area contributed by atoms with Gasteiger partial charge in [-0.1, -0.05) is 0 Å². The lowest BCUT2D eigenvalue weighted by Crippen LogP contribution is -2.40. The molecule has 1 saturated heterocycles. The number of alkyl halides is 3. The molecule has 5 rings (SSSR count). The average molecular weight is 463 g/mol. The van der Waals surface area contributed by atoms with Crippen LogP contribution in [0.4, 0.5) is 19.1 Å². The molecule has 1 aliphatic carbocycles. The Bertz CT molecular complexity index is 1260.